The van der Waals surface area contributed by atoms with E-state index in [9.17, 15) is 0 Å². The minimum Gasteiger partial charge on any atom is -0.309 e. The zero-order valence-corrected chi connectivity index (χ0v) is 14.8. The highest BCUT2D eigenvalue weighted by Gasteiger charge is 2.04. The summed E-state index contributed by atoms with van der Waals surface area (Å²) in [5, 5.41) is 0. The second kappa shape index (κ2) is 9.19. The Balaban J connectivity index is 2.79. The van der Waals surface area contributed by atoms with E-state index in [1.165, 1.54) is 16.7 Å². The minimum absolute atomic E-state index is 1.12. The Morgan fingerprint density at radius 2 is 0.762 bits per heavy atom. The van der Waals surface area contributed by atoms with Crippen LogP contribution in [0.25, 0.3) is 0 Å². The van der Waals surface area contributed by atoms with Gasteiger partial charge < -0.3 is 14.7 Å². The second-order valence-corrected chi connectivity index (χ2v) is 6.82. The van der Waals surface area contributed by atoms with Gasteiger partial charge in [-0.05, 0) is 78.2 Å². The summed E-state index contributed by atoms with van der Waals surface area (Å²) in [6, 6.07) is 7.18. The molecule has 0 saturated heterocycles. The maximum atomic E-state index is 2.40. The van der Waals surface area contributed by atoms with Gasteiger partial charge in [0.05, 0.1) is 0 Å². The molecule has 3 nitrogen and oxygen atoms in total. The number of benzene rings is 1. The van der Waals surface area contributed by atoms with Crippen molar-refractivity contribution >= 4 is 0 Å². The van der Waals surface area contributed by atoms with Crippen molar-refractivity contribution in [1.29, 1.82) is 0 Å². The summed E-state index contributed by atoms with van der Waals surface area (Å²) in [5.41, 5.74) is 4.44. The van der Waals surface area contributed by atoms with Crippen LogP contribution < -0.4 is 0 Å². The second-order valence-electron chi connectivity index (χ2n) is 6.82. The Morgan fingerprint density at radius 1 is 0.524 bits per heavy atom. The molecule has 0 saturated carbocycles. The van der Waals surface area contributed by atoms with Crippen LogP contribution in [0.1, 0.15) is 16.7 Å². The highest BCUT2D eigenvalue weighted by Crippen LogP contribution is 2.13. The zero-order valence-electron chi connectivity index (χ0n) is 14.8. The molecular formula is C18H33N3. The summed E-state index contributed by atoms with van der Waals surface area (Å²) in [6.07, 6.45) is 3.41. The smallest absolute Gasteiger partial charge is 0.00157 e. The van der Waals surface area contributed by atoms with E-state index in [4.69, 9.17) is 0 Å². The first-order chi connectivity index (χ1) is 9.86. The van der Waals surface area contributed by atoms with Gasteiger partial charge in [-0.15, -0.1) is 0 Å². The largest absolute Gasteiger partial charge is 0.309 e. The van der Waals surface area contributed by atoms with Gasteiger partial charge in [-0.2, -0.15) is 0 Å². The molecular weight excluding hydrogens is 258 g/mol. The van der Waals surface area contributed by atoms with E-state index in [0.29, 0.717) is 0 Å². The van der Waals surface area contributed by atoms with Gasteiger partial charge in [-0.25, -0.2) is 0 Å². The van der Waals surface area contributed by atoms with Crippen molar-refractivity contribution in [3.05, 3.63) is 34.9 Å². The number of hydrogen-bond acceptors (Lipinski definition) is 3. The van der Waals surface area contributed by atoms with Crippen molar-refractivity contribution in [1.82, 2.24) is 14.7 Å². The molecule has 1 aromatic carbocycles. The molecule has 0 heterocycles. The zero-order chi connectivity index (χ0) is 15.8. The van der Waals surface area contributed by atoms with Crippen LogP contribution >= 0.6 is 0 Å². The molecule has 0 bridgehead atoms. The fraction of sp³-hybridized carbons (Fsp3) is 0.667. The van der Waals surface area contributed by atoms with Crippen molar-refractivity contribution < 1.29 is 0 Å². The maximum absolute atomic E-state index is 2.40. The summed E-state index contributed by atoms with van der Waals surface area (Å²) in [6.45, 7) is 3.35. The highest BCUT2D eigenvalue weighted by atomic mass is 15.1. The van der Waals surface area contributed by atoms with Crippen molar-refractivity contribution in [2.45, 2.75) is 19.3 Å². The molecule has 0 amide bonds. The Labute approximate surface area is 131 Å². The molecule has 0 N–H and O–H groups in total. The lowest BCUT2D eigenvalue weighted by Crippen LogP contribution is -2.18. The monoisotopic (exact) mass is 291 g/mol. The molecule has 0 atom stereocenters. The van der Waals surface area contributed by atoms with E-state index in [1.807, 2.05) is 0 Å². The molecule has 21 heavy (non-hydrogen) atoms. The summed E-state index contributed by atoms with van der Waals surface area (Å²) in [4.78, 5) is 6.77. The molecule has 0 unspecified atom stereocenters. The average Bonchev–Trinajstić information content (AvgIpc) is 2.40. The summed E-state index contributed by atoms with van der Waals surface area (Å²) in [5.74, 6) is 0. The van der Waals surface area contributed by atoms with Crippen LogP contribution in [0.5, 0.6) is 0 Å². The Kier molecular flexibility index (Phi) is 7.94. The fourth-order valence-corrected chi connectivity index (χ4v) is 2.33. The molecule has 0 spiro atoms. The lowest BCUT2D eigenvalue weighted by Gasteiger charge is -2.15. The van der Waals surface area contributed by atoms with Crippen LogP contribution in [0, 0.1) is 0 Å². The standard InChI is InChI=1S/C18H33N3/c1-19(2)10-7-16-13-17(8-11-20(3)4)15-18(14-16)9-12-21(5)6/h13-15H,7-12H2,1-6H3. The molecule has 1 aromatic rings. The van der Waals surface area contributed by atoms with Crippen LogP contribution in [-0.4, -0.2) is 76.6 Å². The van der Waals surface area contributed by atoms with E-state index < -0.39 is 0 Å². The molecule has 0 aliphatic carbocycles. The van der Waals surface area contributed by atoms with E-state index in [2.05, 4.69) is 75.2 Å². The first-order valence-electron chi connectivity index (χ1n) is 7.92. The normalized spacial score (nSPS) is 11.9. The van der Waals surface area contributed by atoms with Crippen LogP contribution in [0.4, 0.5) is 0 Å². The van der Waals surface area contributed by atoms with Crippen LogP contribution in [0.15, 0.2) is 18.2 Å². The summed E-state index contributed by atoms with van der Waals surface area (Å²) >= 11 is 0. The van der Waals surface area contributed by atoms with Gasteiger partial charge in [0.2, 0.25) is 0 Å². The maximum Gasteiger partial charge on any atom is 0.00157 e. The first-order valence-corrected chi connectivity index (χ1v) is 7.92. The third-order valence-electron chi connectivity index (χ3n) is 3.66. The molecule has 1 rings (SSSR count). The van der Waals surface area contributed by atoms with Gasteiger partial charge in [0, 0.05) is 19.6 Å². The summed E-state index contributed by atoms with van der Waals surface area (Å²) < 4.78 is 0. The Hall–Kier alpha value is -0.900. The molecule has 0 aromatic heterocycles. The van der Waals surface area contributed by atoms with Gasteiger partial charge in [-0.1, -0.05) is 18.2 Å². The first kappa shape index (κ1) is 18.1. The predicted molar refractivity (Wildman–Crippen MR) is 93.2 cm³/mol. The van der Waals surface area contributed by atoms with Crippen LogP contribution in [-0.2, 0) is 19.3 Å². The molecule has 120 valence electrons. The van der Waals surface area contributed by atoms with Crippen LogP contribution in [0.3, 0.4) is 0 Å². The minimum atomic E-state index is 1.12. The summed E-state index contributed by atoms with van der Waals surface area (Å²) in [7, 11) is 12.9. The van der Waals surface area contributed by atoms with Crippen molar-refractivity contribution in [2.75, 3.05) is 61.9 Å². The van der Waals surface area contributed by atoms with E-state index in [1.54, 1.807) is 0 Å². The Bertz CT molecular complexity index is 337. The number of rotatable bonds is 9. The molecule has 0 aliphatic heterocycles. The average molecular weight is 291 g/mol. The number of hydrogen-bond donors (Lipinski definition) is 0. The van der Waals surface area contributed by atoms with E-state index in [0.717, 1.165) is 38.9 Å². The van der Waals surface area contributed by atoms with Crippen molar-refractivity contribution in [3.63, 3.8) is 0 Å². The quantitative estimate of drug-likeness (QED) is 0.689. The van der Waals surface area contributed by atoms with Gasteiger partial charge in [-0.3, -0.25) is 0 Å². The number of likely N-dealkylation sites (N-methyl/N-ethyl adjacent to an activating group) is 3. The molecule has 3 heteroatoms. The van der Waals surface area contributed by atoms with Gasteiger partial charge in [0.15, 0.2) is 0 Å². The van der Waals surface area contributed by atoms with E-state index in [-0.39, 0.29) is 0 Å². The SMILES string of the molecule is CN(C)CCc1cc(CCN(C)C)cc(CCN(C)C)c1. The number of nitrogens with zero attached hydrogens (tertiary/aromatic N) is 3. The van der Waals surface area contributed by atoms with Gasteiger partial charge in [0.25, 0.3) is 0 Å². The Morgan fingerprint density at radius 3 is 0.952 bits per heavy atom. The van der Waals surface area contributed by atoms with Crippen molar-refractivity contribution in [3.8, 4) is 0 Å². The highest BCUT2D eigenvalue weighted by molar-refractivity contribution is 5.31. The lowest BCUT2D eigenvalue weighted by atomic mass is 9.99. The third kappa shape index (κ3) is 8.20. The van der Waals surface area contributed by atoms with Gasteiger partial charge >= 0.3 is 0 Å². The lowest BCUT2D eigenvalue weighted by molar-refractivity contribution is 0.409. The fourth-order valence-electron chi connectivity index (χ4n) is 2.33. The van der Waals surface area contributed by atoms with E-state index >= 15 is 0 Å². The topological polar surface area (TPSA) is 9.72 Å². The third-order valence-corrected chi connectivity index (χ3v) is 3.66. The van der Waals surface area contributed by atoms with Crippen molar-refractivity contribution in [2.24, 2.45) is 0 Å². The predicted octanol–water partition coefficient (Wildman–Crippen LogP) is 2.00. The van der Waals surface area contributed by atoms with Crippen LogP contribution in [0.2, 0.25) is 0 Å². The van der Waals surface area contributed by atoms with Gasteiger partial charge in [0.1, 0.15) is 0 Å². The molecule has 0 radical (unpaired) electrons. The molecule has 0 fully saturated rings. The molecule has 0 aliphatic rings.